The fourth-order valence-corrected chi connectivity index (χ4v) is 2.56. The Bertz CT molecular complexity index is 648. The van der Waals surface area contributed by atoms with Gasteiger partial charge in [-0.1, -0.05) is 11.6 Å². The van der Waals surface area contributed by atoms with Crippen molar-refractivity contribution in [3.8, 4) is 11.6 Å². The molecule has 2 aromatic rings. The maximum atomic E-state index is 6.16. The smallest absolute Gasteiger partial charge is 0.223 e. The molecule has 20 heavy (non-hydrogen) atoms. The fourth-order valence-electron chi connectivity index (χ4n) is 2.08. The van der Waals surface area contributed by atoms with Crippen molar-refractivity contribution in [3.63, 3.8) is 0 Å². The van der Waals surface area contributed by atoms with Crippen LogP contribution in [0.2, 0.25) is 5.02 Å². The van der Waals surface area contributed by atoms with Crippen LogP contribution >= 0.6 is 27.5 Å². The Hall–Kier alpha value is -1.13. The van der Waals surface area contributed by atoms with Gasteiger partial charge >= 0.3 is 0 Å². The number of hydrogen-bond acceptors (Lipinski definition) is 3. The Morgan fingerprint density at radius 1 is 1.15 bits per heavy atom. The van der Waals surface area contributed by atoms with E-state index in [0.29, 0.717) is 11.8 Å². The minimum absolute atomic E-state index is 0.489. The van der Waals surface area contributed by atoms with E-state index >= 15 is 0 Å². The first kappa shape index (κ1) is 13.8. The van der Waals surface area contributed by atoms with Crippen molar-refractivity contribution in [2.24, 2.45) is 0 Å². The predicted octanol–water partition coefficient (Wildman–Crippen LogP) is 5.18. The average Bonchev–Trinajstić information content (AvgIpc) is 3.19. The molecule has 0 N–H and O–H groups in total. The lowest BCUT2D eigenvalue weighted by atomic mass is 10.1. The zero-order chi connectivity index (χ0) is 14.3. The molecule has 0 atom stereocenters. The highest BCUT2D eigenvalue weighted by Crippen LogP contribution is 2.39. The highest BCUT2D eigenvalue weighted by molar-refractivity contribution is 9.10. The summed E-state index contributed by atoms with van der Waals surface area (Å²) in [6.07, 6.45) is 2.32. The molecule has 1 heterocycles. The van der Waals surface area contributed by atoms with E-state index in [1.54, 1.807) is 6.07 Å². The molecule has 3 rings (SSSR count). The van der Waals surface area contributed by atoms with E-state index < -0.39 is 0 Å². The molecule has 0 bridgehead atoms. The van der Waals surface area contributed by atoms with Crippen LogP contribution in [0, 0.1) is 13.8 Å². The summed E-state index contributed by atoms with van der Waals surface area (Å²) in [5, 5.41) is 0.778. The molecule has 1 aliphatic carbocycles. The van der Waals surface area contributed by atoms with Crippen LogP contribution < -0.4 is 4.74 Å². The van der Waals surface area contributed by atoms with Crippen LogP contribution in [0.1, 0.15) is 35.7 Å². The van der Waals surface area contributed by atoms with Gasteiger partial charge < -0.3 is 4.74 Å². The third kappa shape index (κ3) is 2.96. The van der Waals surface area contributed by atoms with Gasteiger partial charge in [-0.15, -0.1) is 0 Å². The summed E-state index contributed by atoms with van der Waals surface area (Å²) < 4.78 is 6.61. The third-order valence-electron chi connectivity index (χ3n) is 3.26. The second-order valence-electron chi connectivity index (χ2n) is 5.13. The van der Waals surface area contributed by atoms with Crippen molar-refractivity contribution in [2.45, 2.75) is 32.6 Å². The lowest BCUT2D eigenvalue weighted by Gasteiger charge is -2.10. The van der Waals surface area contributed by atoms with Crippen molar-refractivity contribution in [2.75, 3.05) is 0 Å². The Kier molecular flexibility index (Phi) is 3.69. The van der Waals surface area contributed by atoms with Crippen LogP contribution in [-0.2, 0) is 0 Å². The van der Waals surface area contributed by atoms with Gasteiger partial charge in [-0.2, -0.15) is 4.98 Å². The van der Waals surface area contributed by atoms with Gasteiger partial charge in [0.25, 0.3) is 0 Å². The Morgan fingerprint density at radius 2 is 1.80 bits per heavy atom. The van der Waals surface area contributed by atoms with E-state index in [1.165, 1.54) is 0 Å². The van der Waals surface area contributed by atoms with Gasteiger partial charge in [0.2, 0.25) is 5.88 Å². The van der Waals surface area contributed by atoms with Crippen LogP contribution in [0.15, 0.2) is 22.8 Å². The number of nitrogens with zero attached hydrogens (tertiary/aromatic N) is 2. The predicted molar refractivity (Wildman–Crippen MR) is 82.7 cm³/mol. The molecule has 1 saturated carbocycles. The highest BCUT2D eigenvalue weighted by Gasteiger charge is 2.27. The molecule has 0 aliphatic heterocycles. The summed E-state index contributed by atoms with van der Waals surface area (Å²) in [5.41, 5.74) is 1.99. The average molecular weight is 354 g/mol. The first-order chi connectivity index (χ1) is 9.52. The van der Waals surface area contributed by atoms with Gasteiger partial charge in [-0.3, -0.25) is 0 Å². The lowest BCUT2D eigenvalue weighted by molar-refractivity contribution is 0.457. The van der Waals surface area contributed by atoms with E-state index in [1.807, 2.05) is 26.0 Å². The van der Waals surface area contributed by atoms with Crippen LogP contribution in [0.4, 0.5) is 0 Å². The van der Waals surface area contributed by atoms with Gasteiger partial charge in [0, 0.05) is 17.0 Å². The van der Waals surface area contributed by atoms with Crippen LogP contribution in [-0.4, -0.2) is 9.97 Å². The quantitative estimate of drug-likeness (QED) is 0.713. The number of rotatable bonds is 3. The topological polar surface area (TPSA) is 35.0 Å². The van der Waals surface area contributed by atoms with Crippen molar-refractivity contribution in [1.82, 2.24) is 9.97 Å². The highest BCUT2D eigenvalue weighted by atomic mass is 79.9. The minimum Gasteiger partial charge on any atom is -0.439 e. The summed E-state index contributed by atoms with van der Waals surface area (Å²) in [5.74, 6) is 2.66. The molecule has 3 nitrogen and oxygen atoms in total. The largest absolute Gasteiger partial charge is 0.439 e. The monoisotopic (exact) mass is 352 g/mol. The summed E-state index contributed by atoms with van der Waals surface area (Å²) in [7, 11) is 0. The van der Waals surface area contributed by atoms with Crippen molar-refractivity contribution in [1.29, 1.82) is 0 Å². The molecule has 0 radical (unpaired) electrons. The van der Waals surface area contributed by atoms with E-state index in [9.17, 15) is 0 Å². The summed E-state index contributed by atoms with van der Waals surface area (Å²) in [6.45, 7) is 3.93. The van der Waals surface area contributed by atoms with Crippen LogP contribution in [0.25, 0.3) is 0 Å². The normalized spacial score (nSPS) is 14.4. The molecule has 0 spiro atoms. The van der Waals surface area contributed by atoms with E-state index in [4.69, 9.17) is 16.3 Å². The number of ether oxygens (including phenoxy) is 1. The zero-order valence-electron chi connectivity index (χ0n) is 11.3. The Balaban J connectivity index is 1.91. The lowest BCUT2D eigenvalue weighted by Crippen LogP contribution is -1.97. The molecule has 5 heteroatoms. The van der Waals surface area contributed by atoms with E-state index in [2.05, 4.69) is 25.9 Å². The molecule has 1 aromatic heterocycles. The third-order valence-corrected chi connectivity index (χ3v) is 4.27. The molecule has 0 saturated heterocycles. The molecular formula is C15H14BrClN2O. The maximum absolute atomic E-state index is 6.16. The SMILES string of the molecule is Cc1cc(Oc2cc(Br)nc(C3CC3)n2)cc(C)c1Cl. The molecule has 1 fully saturated rings. The van der Waals surface area contributed by atoms with Gasteiger partial charge in [-0.25, -0.2) is 4.98 Å². The molecule has 0 amide bonds. The van der Waals surface area contributed by atoms with Gasteiger partial charge in [0.15, 0.2) is 0 Å². The Morgan fingerprint density at radius 3 is 2.40 bits per heavy atom. The van der Waals surface area contributed by atoms with Crippen molar-refractivity contribution >= 4 is 27.5 Å². The minimum atomic E-state index is 0.489. The second kappa shape index (κ2) is 5.34. The first-order valence-electron chi connectivity index (χ1n) is 6.52. The van der Waals surface area contributed by atoms with Crippen LogP contribution in [0.5, 0.6) is 11.6 Å². The van der Waals surface area contributed by atoms with Gasteiger partial charge in [-0.05, 0) is 65.9 Å². The maximum Gasteiger partial charge on any atom is 0.223 e. The molecule has 1 aromatic carbocycles. The summed E-state index contributed by atoms with van der Waals surface area (Å²) >= 11 is 9.57. The van der Waals surface area contributed by atoms with E-state index in [0.717, 1.165) is 45.2 Å². The number of hydrogen-bond donors (Lipinski definition) is 0. The summed E-state index contributed by atoms with van der Waals surface area (Å²) in [4.78, 5) is 8.87. The number of aromatic nitrogens is 2. The molecule has 104 valence electrons. The standard InChI is InChI=1S/C15H14BrClN2O/c1-8-5-11(6-9(2)14(8)17)20-13-7-12(16)18-15(19-13)10-3-4-10/h5-7,10H,3-4H2,1-2H3. The van der Waals surface area contributed by atoms with Crippen molar-refractivity contribution < 1.29 is 4.74 Å². The van der Waals surface area contributed by atoms with Crippen molar-refractivity contribution in [3.05, 3.63) is 44.8 Å². The molecule has 0 unspecified atom stereocenters. The first-order valence-corrected chi connectivity index (χ1v) is 7.69. The Labute approximate surface area is 131 Å². The zero-order valence-corrected chi connectivity index (χ0v) is 13.6. The fraction of sp³-hybridized carbons (Fsp3) is 0.333. The van der Waals surface area contributed by atoms with E-state index in [-0.39, 0.29) is 0 Å². The second-order valence-corrected chi connectivity index (χ2v) is 6.32. The van der Waals surface area contributed by atoms with Crippen LogP contribution in [0.3, 0.4) is 0 Å². The summed E-state index contributed by atoms with van der Waals surface area (Å²) in [6, 6.07) is 5.62. The van der Waals surface area contributed by atoms with Gasteiger partial charge in [0.05, 0.1) is 0 Å². The number of aryl methyl sites for hydroxylation is 2. The molecular weight excluding hydrogens is 340 g/mol. The number of halogens is 2. The molecule has 1 aliphatic rings. The number of benzene rings is 1. The van der Waals surface area contributed by atoms with Gasteiger partial charge in [0.1, 0.15) is 16.2 Å².